The Bertz CT molecular complexity index is 1560. The fourth-order valence-electron chi connectivity index (χ4n) is 4.08. The number of methoxy groups -OCH3 is 1. The van der Waals surface area contributed by atoms with Crippen LogP contribution in [0.2, 0.25) is 0 Å². The zero-order valence-corrected chi connectivity index (χ0v) is 23.3. The molecule has 0 saturated carbocycles. The highest BCUT2D eigenvalue weighted by atomic mass is 32.1. The molecule has 3 aromatic carbocycles. The van der Waals surface area contributed by atoms with E-state index < -0.39 is 17.8 Å². The number of rotatable bonds is 10. The molecule has 9 nitrogen and oxygen atoms in total. The molecule has 2 amide bonds. The molecule has 4 aromatic rings. The number of aliphatic hydroxyl groups excluding tert-OH is 1. The largest absolute Gasteiger partial charge is 0.496 e. The number of aliphatic hydroxyl groups is 1. The second-order valence-corrected chi connectivity index (χ2v) is 9.43. The number of hydrogen-bond acceptors (Lipinski definition) is 7. The van der Waals surface area contributed by atoms with Crippen LogP contribution in [0.1, 0.15) is 29.3 Å². The fraction of sp³-hybridized carbons (Fsp3) is 0.200. The fourth-order valence-corrected chi connectivity index (χ4v) is 4.31. The Kier molecular flexibility index (Phi) is 9.77. The molecule has 11 heteroatoms. The number of anilines is 1. The van der Waals surface area contributed by atoms with Crippen LogP contribution in [0, 0.1) is 5.82 Å². The first kappa shape index (κ1) is 29.4. The number of amides is 2. The zero-order valence-electron chi connectivity index (χ0n) is 22.4. The number of halogens is 1. The Balaban J connectivity index is 1.50. The van der Waals surface area contributed by atoms with Gasteiger partial charge in [0.05, 0.1) is 31.7 Å². The minimum Gasteiger partial charge on any atom is -0.496 e. The monoisotopic (exact) mass is 576 g/mol. The molecule has 0 aliphatic heterocycles. The number of fused-ring (bicyclic) bond motifs is 1. The number of carbonyl (C=O) groups excluding carboxylic acids is 2. The average Bonchev–Trinajstić information content (AvgIpc) is 2.97. The second-order valence-electron chi connectivity index (χ2n) is 9.02. The second kappa shape index (κ2) is 13.6. The van der Waals surface area contributed by atoms with Crippen molar-refractivity contribution in [2.24, 2.45) is 0 Å². The number of hydrogen-bond donors (Lipinski definition) is 4. The summed E-state index contributed by atoms with van der Waals surface area (Å²) in [5, 5.41) is 18.1. The van der Waals surface area contributed by atoms with Gasteiger partial charge in [0.2, 0.25) is 5.91 Å². The quantitative estimate of drug-likeness (QED) is 0.200. The van der Waals surface area contributed by atoms with Crippen molar-refractivity contribution in [1.82, 2.24) is 15.6 Å². The van der Waals surface area contributed by atoms with E-state index in [1.807, 2.05) is 37.3 Å². The van der Waals surface area contributed by atoms with Gasteiger partial charge in [0, 0.05) is 23.3 Å². The maximum atomic E-state index is 15.1. The lowest BCUT2D eigenvalue weighted by atomic mass is 10.1. The summed E-state index contributed by atoms with van der Waals surface area (Å²) in [4.78, 5) is 29.7. The van der Waals surface area contributed by atoms with Gasteiger partial charge in [-0.1, -0.05) is 37.3 Å². The van der Waals surface area contributed by atoms with Gasteiger partial charge in [0.25, 0.3) is 5.91 Å². The lowest BCUT2D eigenvalue weighted by Gasteiger charge is -2.17. The standard InChI is InChI=1S/C30H29FN4O5S/c1-3-19(17-36)33-29(38)27-25(39-2)12-10-21-23(13-14-32-28(21)27)40-24-11-9-20(16-22(24)31)34-30(41)35-26(37)15-18-7-5-4-6-8-18/h4-14,16,19,36H,3,15,17H2,1-2H3,(H,33,38)(H2,34,35,37,41). The Labute approximate surface area is 241 Å². The van der Waals surface area contributed by atoms with Gasteiger partial charge in [0.15, 0.2) is 16.7 Å². The van der Waals surface area contributed by atoms with Crippen molar-refractivity contribution in [2.45, 2.75) is 25.8 Å². The van der Waals surface area contributed by atoms with Crippen LogP contribution < -0.4 is 25.4 Å². The average molecular weight is 577 g/mol. The number of nitrogens with zero attached hydrogens (tertiary/aromatic N) is 1. The minimum absolute atomic E-state index is 0.0328. The predicted molar refractivity (Wildman–Crippen MR) is 158 cm³/mol. The molecule has 1 atom stereocenters. The van der Waals surface area contributed by atoms with E-state index in [1.165, 1.54) is 25.4 Å². The van der Waals surface area contributed by atoms with Crippen LogP contribution in [0.3, 0.4) is 0 Å². The topological polar surface area (TPSA) is 122 Å². The summed E-state index contributed by atoms with van der Waals surface area (Å²) in [6, 6.07) is 17.8. The first-order valence-electron chi connectivity index (χ1n) is 12.8. The van der Waals surface area contributed by atoms with E-state index in [-0.39, 0.29) is 41.1 Å². The normalized spacial score (nSPS) is 11.4. The van der Waals surface area contributed by atoms with E-state index in [0.29, 0.717) is 28.8 Å². The van der Waals surface area contributed by atoms with Crippen LogP contribution in [-0.2, 0) is 11.2 Å². The van der Waals surface area contributed by atoms with Gasteiger partial charge in [-0.25, -0.2) is 4.39 Å². The highest BCUT2D eigenvalue weighted by Gasteiger charge is 2.22. The molecule has 1 unspecified atom stereocenters. The van der Waals surface area contributed by atoms with Crippen molar-refractivity contribution in [3.63, 3.8) is 0 Å². The van der Waals surface area contributed by atoms with Crippen LogP contribution >= 0.6 is 12.2 Å². The van der Waals surface area contributed by atoms with Crippen molar-refractivity contribution in [1.29, 1.82) is 0 Å². The highest BCUT2D eigenvalue weighted by Crippen LogP contribution is 2.35. The van der Waals surface area contributed by atoms with E-state index in [2.05, 4.69) is 20.9 Å². The number of carbonyl (C=O) groups is 2. The van der Waals surface area contributed by atoms with Gasteiger partial charge in [-0.15, -0.1) is 0 Å². The van der Waals surface area contributed by atoms with Gasteiger partial charge in [-0.3, -0.25) is 14.6 Å². The summed E-state index contributed by atoms with van der Waals surface area (Å²) in [5.41, 5.74) is 1.62. The Hall–Kier alpha value is -4.61. The van der Waals surface area contributed by atoms with Crippen molar-refractivity contribution >= 4 is 45.7 Å². The Morgan fingerprint density at radius 3 is 2.49 bits per heavy atom. The summed E-state index contributed by atoms with van der Waals surface area (Å²) in [6.07, 6.45) is 2.13. The van der Waals surface area contributed by atoms with Gasteiger partial charge in [0.1, 0.15) is 17.1 Å². The molecule has 1 heterocycles. The molecule has 4 rings (SSSR count). The minimum atomic E-state index is -0.682. The summed E-state index contributed by atoms with van der Waals surface area (Å²) in [5.74, 6) is -0.963. The molecule has 0 radical (unpaired) electrons. The smallest absolute Gasteiger partial charge is 0.257 e. The molecule has 0 aliphatic carbocycles. The van der Waals surface area contributed by atoms with E-state index in [0.717, 1.165) is 5.56 Å². The molecule has 1 aromatic heterocycles. The molecule has 0 spiro atoms. The predicted octanol–water partition coefficient (Wildman–Crippen LogP) is 4.73. The number of pyridine rings is 1. The van der Waals surface area contributed by atoms with Crippen molar-refractivity contribution in [3.05, 3.63) is 89.9 Å². The van der Waals surface area contributed by atoms with Gasteiger partial charge in [-0.2, -0.15) is 0 Å². The maximum absolute atomic E-state index is 15.1. The summed E-state index contributed by atoms with van der Waals surface area (Å²) < 4.78 is 26.3. The molecular formula is C30H29FN4O5S. The molecule has 212 valence electrons. The van der Waals surface area contributed by atoms with Crippen LogP contribution in [0.4, 0.5) is 10.1 Å². The lowest BCUT2D eigenvalue weighted by Crippen LogP contribution is -2.37. The molecule has 0 fully saturated rings. The third kappa shape index (κ3) is 7.33. The van der Waals surface area contributed by atoms with Crippen LogP contribution in [0.15, 0.2) is 72.9 Å². The molecule has 0 bridgehead atoms. The van der Waals surface area contributed by atoms with Crippen LogP contribution in [0.25, 0.3) is 10.9 Å². The number of benzene rings is 3. The van der Waals surface area contributed by atoms with Crippen molar-refractivity contribution in [2.75, 3.05) is 19.0 Å². The SMILES string of the molecule is CCC(CO)NC(=O)c1c(OC)ccc2c(Oc3ccc(NC(=S)NC(=O)Cc4ccccc4)cc3F)ccnc12. The highest BCUT2D eigenvalue weighted by molar-refractivity contribution is 7.80. The van der Waals surface area contributed by atoms with Crippen LogP contribution in [0.5, 0.6) is 17.2 Å². The Morgan fingerprint density at radius 1 is 1.05 bits per heavy atom. The van der Waals surface area contributed by atoms with E-state index >= 15 is 4.39 Å². The Morgan fingerprint density at radius 2 is 1.80 bits per heavy atom. The molecule has 0 saturated heterocycles. The molecular weight excluding hydrogens is 547 g/mol. The summed E-state index contributed by atoms with van der Waals surface area (Å²) in [7, 11) is 1.44. The van der Waals surface area contributed by atoms with E-state index in [1.54, 1.807) is 24.3 Å². The maximum Gasteiger partial charge on any atom is 0.257 e. The molecule has 4 N–H and O–H groups in total. The number of thiocarbonyl (C=S) groups is 1. The van der Waals surface area contributed by atoms with Crippen molar-refractivity contribution in [3.8, 4) is 17.2 Å². The zero-order chi connectivity index (χ0) is 29.4. The van der Waals surface area contributed by atoms with Gasteiger partial charge in [-0.05, 0) is 54.5 Å². The number of aromatic nitrogens is 1. The summed E-state index contributed by atoms with van der Waals surface area (Å²) >= 11 is 5.20. The first-order chi connectivity index (χ1) is 19.8. The third-order valence-electron chi connectivity index (χ3n) is 6.20. The molecule has 0 aliphatic rings. The summed E-state index contributed by atoms with van der Waals surface area (Å²) in [6.45, 7) is 1.63. The number of ether oxygens (including phenoxy) is 2. The van der Waals surface area contributed by atoms with Gasteiger partial charge >= 0.3 is 0 Å². The third-order valence-corrected chi connectivity index (χ3v) is 6.40. The van der Waals surface area contributed by atoms with Crippen LogP contribution in [-0.4, -0.2) is 46.8 Å². The van der Waals surface area contributed by atoms with E-state index in [4.69, 9.17) is 21.7 Å². The number of nitrogens with one attached hydrogen (secondary N) is 3. The van der Waals surface area contributed by atoms with Crippen molar-refractivity contribution < 1.29 is 28.6 Å². The molecule has 41 heavy (non-hydrogen) atoms. The lowest BCUT2D eigenvalue weighted by molar-refractivity contribution is -0.119. The van der Waals surface area contributed by atoms with E-state index in [9.17, 15) is 14.7 Å². The van der Waals surface area contributed by atoms with Gasteiger partial charge < -0.3 is 30.5 Å². The first-order valence-corrected chi connectivity index (χ1v) is 13.2.